The van der Waals surface area contributed by atoms with E-state index in [0.29, 0.717) is 24.6 Å². The smallest absolute Gasteiger partial charge is 0.321 e. The number of amides is 2. The number of carbonyl (C=O) groups is 1. The van der Waals surface area contributed by atoms with Gasteiger partial charge in [-0.3, -0.25) is 0 Å². The molecule has 3 rings (SSSR count). The number of carbonyl (C=O) groups excluding carboxylic acids is 1. The van der Waals surface area contributed by atoms with Gasteiger partial charge >= 0.3 is 6.03 Å². The predicted molar refractivity (Wildman–Crippen MR) is 129 cm³/mol. The highest BCUT2D eigenvalue weighted by atomic mass is 16.5. The first-order chi connectivity index (χ1) is 16.0. The van der Waals surface area contributed by atoms with Gasteiger partial charge in [-0.05, 0) is 62.2 Å². The molecular weight excluding hydrogens is 422 g/mol. The van der Waals surface area contributed by atoms with E-state index in [1.165, 1.54) is 5.56 Å². The summed E-state index contributed by atoms with van der Waals surface area (Å²) in [6, 6.07) is 9.73. The van der Waals surface area contributed by atoms with Crippen LogP contribution in [-0.2, 0) is 12.8 Å². The normalized spacial score (nSPS) is 13.3. The number of benzene rings is 2. The number of nitrogens with one attached hydrogen (secondary N) is 1. The molecule has 0 aliphatic carbocycles. The summed E-state index contributed by atoms with van der Waals surface area (Å²) < 4.78 is 21.5. The highest BCUT2D eigenvalue weighted by Crippen LogP contribution is 2.34. The second-order valence-electron chi connectivity index (χ2n) is 8.13. The van der Waals surface area contributed by atoms with Crippen molar-refractivity contribution in [2.24, 2.45) is 0 Å². The fourth-order valence-corrected chi connectivity index (χ4v) is 4.01. The Balaban J connectivity index is 1.48. The van der Waals surface area contributed by atoms with Crippen molar-refractivity contribution in [3.05, 3.63) is 41.5 Å². The van der Waals surface area contributed by atoms with E-state index in [2.05, 4.69) is 23.3 Å². The lowest BCUT2D eigenvalue weighted by Gasteiger charge is -2.22. The largest absolute Gasteiger partial charge is 0.493 e. The topological polar surface area (TPSA) is 72.5 Å². The maximum atomic E-state index is 12.7. The molecule has 2 aromatic rings. The van der Waals surface area contributed by atoms with E-state index in [-0.39, 0.29) is 6.03 Å². The second kappa shape index (κ2) is 11.7. The molecule has 0 bridgehead atoms. The lowest BCUT2D eigenvalue weighted by atomic mass is 10.1. The molecule has 1 heterocycles. The third kappa shape index (κ3) is 6.22. The van der Waals surface area contributed by atoms with E-state index in [1.54, 1.807) is 28.4 Å². The van der Waals surface area contributed by atoms with Crippen LogP contribution in [0.1, 0.15) is 17.5 Å². The quantitative estimate of drug-likeness (QED) is 0.555. The Morgan fingerprint density at radius 1 is 0.909 bits per heavy atom. The molecule has 8 heteroatoms. The fourth-order valence-electron chi connectivity index (χ4n) is 4.01. The van der Waals surface area contributed by atoms with E-state index >= 15 is 0 Å². The molecule has 0 radical (unpaired) electrons. The Morgan fingerprint density at radius 3 is 2.27 bits per heavy atom. The minimum Gasteiger partial charge on any atom is -0.493 e. The zero-order chi connectivity index (χ0) is 23.8. The molecule has 0 saturated heterocycles. The third-order valence-electron chi connectivity index (χ3n) is 5.99. The van der Waals surface area contributed by atoms with Crippen LogP contribution < -0.4 is 24.3 Å². The van der Waals surface area contributed by atoms with Crippen molar-refractivity contribution in [1.29, 1.82) is 0 Å². The minimum atomic E-state index is -0.0750. The summed E-state index contributed by atoms with van der Waals surface area (Å²) in [5.41, 5.74) is 3.04. The van der Waals surface area contributed by atoms with Crippen LogP contribution >= 0.6 is 0 Å². The zero-order valence-electron chi connectivity index (χ0n) is 20.3. The van der Waals surface area contributed by atoms with Crippen LogP contribution in [0, 0.1) is 0 Å². The van der Waals surface area contributed by atoms with Gasteiger partial charge in [0.05, 0.1) is 28.4 Å². The summed E-state index contributed by atoms with van der Waals surface area (Å²) in [7, 11) is 8.61. The number of methoxy groups -OCH3 is 4. The molecule has 1 aliphatic rings. The van der Waals surface area contributed by atoms with E-state index < -0.39 is 0 Å². The van der Waals surface area contributed by atoms with E-state index in [9.17, 15) is 4.79 Å². The van der Waals surface area contributed by atoms with E-state index in [0.717, 1.165) is 55.1 Å². The van der Waals surface area contributed by atoms with Gasteiger partial charge in [-0.1, -0.05) is 6.07 Å². The molecule has 0 unspecified atom stereocenters. The van der Waals surface area contributed by atoms with Gasteiger partial charge in [-0.15, -0.1) is 0 Å². The van der Waals surface area contributed by atoms with Crippen molar-refractivity contribution in [3.63, 3.8) is 0 Å². The summed E-state index contributed by atoms with van der Waals surface area (Å²) in [4.78, 5) is 16.9. The highest BCUT2D eigenvalue weighted by Gasteiger charge is 2.22. The van der Waals surface area contributed by atoms with Crippen LogP contribution in [0.25, 0.3) is 0 Å². The first kappa shape index (κ1) is 24.5. The van der Waals surface area contributed by atoms with E-state index in [1.807, 2.05) is 29.2 Å². The first-order valence-electron chi connectivity index (χ1n) is 11.2. The Morgan fingerprint density at radius 2 is 1.58 bits per heavy atom. The van der Waals surface area contributed by atoms with Crippen molar-refractivity contribution < 1.29 is 23.7 Å². The maximum Gasteiger partial charge on any atom is 0.321 e. The Kier molecular flexibility index (Phi) is 8.65. The number of hydrogen-bond donors (Lipinski definition) is 1. The molecule has 8 nitrogen and oxygen atoms in total. The SMILES string of the molecule is COc1ccc(CCN(C)CCCN2CCc3cc(OC)c(OC)cc3NC2=O)cc1OC. The monoisotopic (exact) mass is 457 g/mol. The number of ether oxygens (including phenoxy) is 4. The zero-order valence-corrected chi connectivity index (χ0v) is 20.3. The van der Waals surface area contributed by atoms with Gasteiger partial charge in [0.25, 0.3) is 0 Å². The van der Waals surface area contributed by atoms with Crippen LogP contribution in [-0.4, -0.2) is 77.5 Å². The number of nitrogens with zero attached hydrogens (tertiary/aromatic N) is 2. The molecule has 33 heavy (non-hydrogen) atoms. The molecule has 0 fully saturated rings. The predicted octanol–water partition coefficient (Wildman–Crippen LogP) is 3.68. The second-order valence-corrected chi connectivity index (χ2v) is 8.13. The van der Waals surface area contributed by atoms with Gasteiger partial charge in [0, 0.05) is 31.4 Å². The number of rotatable bonds is 11. The van der Waals surface area contributed by atoms with Gasteiger partial charge < -0.3 is 34.1 Å². The van der Waals surface area contributed by atoms with Crippen molar-refractivity contribution in [3.8, 4) is 23.0 Å². The van der Waals surface area contributed by atoms with Crippen LogP contribution in [0.2, 0.25) is 0 Å². The Bertz CT molecular complexity index is 950. The molecule has 180 valence electrons. The molecule has 0 aromatic heterocycles. The maximum absolute atomic E-state index is 12.7. The molecule has 1 N–H and O–H groups in total. The average molecular weight is 458 g/mol. The molecule has 0 spiro atoms. The van der Waals surface area contributed by atoms with Crippen molar-refractivity contribution >= 4 is 11.7 Å². The third-order valence-corrected chi connectivity index (χ3v) is 5.99. The molecule has 2 aromatic carbocycles. The van der Waals surface area contributed by atoms with Crippen LogP contribution in [0.4, 0.5) is 10.5 Å². The summed E-state index contributed by atoms with van der Waals surface area (Å²) in [6.07, 6.45) is 2.59. The van der Waals surface area contributed by atoms with Crippen LogP contribution in [0.3, 0.4) is 0 Å². The lowest BCUT2D eigenvalue weighted by Crippen LogP contribution is -2.36. The summed E-state index contributed by atoms with van der Waals surface area (Å²) >= 11 is 0. The summed E-state index contributed by atoms with van der Waals surface area (Å²) in [6.45, 7) is 3.21. The number of likely N-dealkylation sites (N-methyl/N-ethyl adjacent to an activating group) is 1. The number of hydrogen-bond acceptors (Lipinski definition) is 6. The van der Waals surface area contributed by atoms with Crippen LogP contribution in [0.15, 0.2) is 30.3 Å². The van der Waals surface area contributed by atoms with Crippen LogP contribution in [0.5, 0.6) is 23.0 Å². The van der Waals surface area contributed by atoms with Gasteiger partial charge in [0.1, 0.15) is 0 Å². The summed E-state index contributed by atoms with van der Waals surface area (Å²) in [5.74, 6) is 2.78. The van der Waals surface area contributed by atoms with Crippen molar-refractivity contribution in [1.82, 2.24) is 9.80 Å². The van der Waals surface area contributed by atoms with Crippen molar-refractivity contribution in [2.45, 2.75) is 19.3 Å². The molecule has 0 saturated carbocycles. The average Bonchev–Trinajstić information content (AvgIpc) is 2.99. The van der Waals surface area contributed by atoms with Crippen molar-refractivity contribution in [2.75, 3.05) is 67.0 Å². The van der Waals surface area contributed by atoms with E-state index in [4.69, 9.17) is 18.9 Å². The standard InChI is InChI=1S/C25H35N3O5/c1-27(13-9-18-7-8-21(30-2)22(15-18)31-3)11-6-12-28-14-10-19-16-23(32-4)24(33-5)17-20(19)26-25(28)29/h7-8,15-17H,6,9-14H2,1-5H3,(H,26,29). The van der Waals surface area contributed by atoms with Gasteiger partial charge in [0.15, 0.2) is 23.0 Å². The molecular formula is C25H35N3O5. The number of anilines is 1. The minimum absolute atomic E-state index is 0.0750. The molecule has 2 amide bonds. The van der Waals surface area contributed by atoms with Gasteiger partial charge in [0.2, 0.25) is 0 Å². The Hall–Kier alpha value is -3.13. The van der Waals surface area contributed by atoms with Gasteiger partial charge in [-0.25, -0.2) is 4.79 Å². The van der Waals surface area contributed by atoms with Gasteiger partial charge in [-0.2, -0.15) is 0 Å². The molecule has 1 aliphatic heterocycles. The summed E-state index contributed by atoms with van der Waals surface area (Å²) in [5, 5.41) is 3.02. The lowest BCUT2D eigenvalue weighted by molar-refractivity contribution is 0.208. The first-order valence-corrected chi connectivity index (χ1v) is 11.2. The molecule has 0 atom stereocenters. The number of fused-ring (bicyclic) bond motifs is 1. The highest BCUT2D eigenvalue weighted by molar-refractivity contribution is 5.91. The fraction of sp³-hybridized carbons (Fsp3) is 0.480. The number of urea groups is 1. The Labute approximate surface area is 196 Å².